The van der Waals surface area contributed by atoms with Crippen molar-refractivity contribution in [3.8, 4) is 5.69 Å². The van der Waals surface area contributed by atoms with Crippen LogP contribution in [0.15, 0.2) is 18.2 Å². The van der Waals surface area contributed by atoms with Gasteiger partial charge in [0, 0.05) is 17.8 Å². The summed E-state index contributed by atoms with van der Waals surface area (Å²) in [5.74, 6) is 0.352. The lowest BCUT2D eigenvalue weighted by Gasteiger charge is -2.14. The summed E-state index contributed by atoms with van der Waals surface area (Å²) in [5, 5.41) is 7.86. The van der Waals surface area contributed by atoms with Crippen LogP contribution in [0.3, 0.4) is 0 Å². The van der Waals surface area contributed by atoms with Crippen LogP contribution < -0.4 is 5.32 Å². The van der Waals surface area contributed by atoms with Crippen molar-refractivity contribution < 1.29 is 4.39 Å². The number of hydrogen-bond donors (Lipinski definition) is 1. The van der Waals surface area contributed by atoms with Crippen LogP contribution in [0.5, 0.6) is 0 Å². The van der Waals surface area contributed by atoms with Crippen molar-refractivity contribution >= 4 is 0 Å². The molecule has 21 heavy (non-hydrogen) atoms. The Labute approximate surface area is 126 Å². The van der Waals surface area contributed by atoms with Crippen LogP contribution in [-0.4, -0.2) is 16.3 Å². The number of benzene rings is 1. The molecule has 0 saturated carbocycles. The van der Waals surface area contributed by atoms with Crippen molar-refractivity contribution in [1.82, 2.24) is 15.1 Å². The predicted octanol–water partition coefficient (Wildman–Crippen LogP) is 3.68. The molecule has 0 atom stereocenters. The topological polar surface area (TPSA) is 29.9 Å². The number of aromatic nitrogens is 2. The number of aryl methyl sites for hydroxylation is 1. The summed E-state index contributed by atoms with van der Waals surface area (Å²) in [6, 6.07) is 5.17. The normalized spacial score (nSPS) is 11.4. The Morgan fingerprint density at radius 2 is 1.95 bits per heavy atom. The highest BCUT2D eigenvalue weighted by atomic mass is 19.1. The van der Waals surface area contributed by atoms with Gasteiger partial charge in [-0.1, -0.05) is 19.9 Å². The van der Waals surface area contributed by atoms with Crippen LogP contribution >= 0.6 is 0 Å². The molecule has 2 aromatic rings. The van der Waals surface area contributed by atoms with E-state index >= 15 is 0 Å². The molecule has 3 nitrogen and oxygen atoms in total. The molecular weight excluding hydrogens is 265 g/mol. The van der Waals surface area contributed by atoms with Crippen LogP contribution in [0, 0.1) is 32.5 Å². The van der Waals surface area contributed by atoms with E-state index in [4.69, 9.17) is 0 Å². The number of halogens is 1. The van der Waals surface area contributed by atoms with Crippen molar-refractivity contribution in [1.29, 1.82) is 0 Å². The van der Waals surface area contributed by atoms with E-state index < -0.39 is 0 Å². The van der Waals surface area contributed by atoms with Crippen LogP contribution in [-0.2, 0) is 6.54 Å². The van der Waals surface area contributed by atoms with E-state index in [1.54, 1.807) is 6.07 Å². The van der Waals surface area contributed by atoms with Crippen LogP contribution in [0.2, 0.25) is 0 Å². The molecule has 0 aliphatic carbocycles. The van der Waals surface area contributed by atoms with Gasteiger partial charge in [0.05, 0.1) is 11.4 Å². The third-order valence-electron chi connectivity index (χ3n) is 3.83. The molecule has 2 rings (SSSR count). The van der Waals surface area contributed by atoms with Crippen molar-refractivity contribution in [2.75, 3.05) is 6.54 Å². The van der Waals surface area contributed by atoms with Crippen LogP contribution in [0.25, 0.3) is 5.69 Å². The zero-order chi connectivity index (χ0) is 15.6. The summed E-state index contributed by atoms with van der Waals surface area (Å²) in [6.07, 6.45) is 0. The largest absolute Gasteiger partial charge is 0.312 e. The van der Waals surface area contributed by atoms with Gasteiger partial charge in [-0.3, -0.25) is 0 Å². The van der Waals surface area contributed by atoms with Gasteiger partial charge in [-0.25, -0.2) is 9.07 Å². The van der Waals surface area contributed by atoms with E-state index in [0.717, 1.165) is 29.2 Å². The Morgan fingerprint density at radius 1 is 1.24 bits per heavy atom. The van der Waals surface area contributed by atoms with Gasteiger partial charge in [0.2, 0.25) is 0 Å². The molecule has 0 unspecified atom stereocenters. The van der Waals surface area contributed by atoms with Gasteiger partial charge in [0.25, 0.3) is 0 Å². The molecule has 0 spiro atoms. The Kier molecular flexibility index (Phi) is 4.78. The Morgan fingerprint density at radius 3 is 2.52 bits per heavy atom. The molecule has 0 radical (unpaired) electrons. The minimum absolute atomic E-state index is 0.186. The van der Waals surface area contributed by atoms with Gasteiger partial charge in [0.15, 0.2) is 0 Å². The quantitative estimate of drug-likeness (QED) is 0.910. The molecule has 1 aromatic heterocycles. The highest BCUT2D eigenvalue weighted by Gasteiger charge is 2.15. The van der Waals surface area contributed by atoms with E-state index in [-0.39, 0.29) is 5.82 Å². The fourth-order valence-corrected chi connectivity index (χ4v) is 2.36. The predicted molar refractivity (Wildman–Crippen MR) is 84.3 cm³/mol. The molecule has 0 saturated heterocycles. The summed E-state index contributed by atoms with van der Waals surface area (Å²) in [4.78, 5) is 0. The molecule has 1 N–H and O–H groups in total. The lowest BCUT2D eigenvalue weighted by Crippen LogP contribution is -2.21. The highest BCUT2D eigenvalue weighted by Crippen LogP contribution is 2.22. The van der Waals surface area contributed by atoms with Gasteiger partial charge in [-0.05, 0) is 50.9 Å². The Bertz CT molecular complexity index is 629. The van der Waals surface area contributed by atoms with E-state index in [1.807, 2.05) is 31.5 Å². The van der Waals surface area contributed by atoms with Crippen molar-refractivity contribution in [3.63, 3.8) is 0 Å². The van der Waals surface area contributed by atoms with E-state index in [9.17, 15) is 4.39 Å². The van der Waals surface area contributed by atoms with Crippen LogP contribution in [0.4, 0.5) is 4.39 Å². The zero-order valence-corrected chi connectivity index (χ0v) is 13.5. The number of hydrogen-bond acceptors (Lipinski definition) is 2. The van der Waals surface area contributed by atoms with E-state index in [0.29, 0.717) is 18.0 Å². The SMILES string of the molecule is Cc1nn(-c2cccc(F)c2CNCC(C)C)c(C)c1C. The summed E-state index contributed by atoms with van der Waals surface area (Å²) in [5.41, 5.74) is 4.69. The third-order valence-corrected chi connectivity index (χ3v) is 3.83. The lowest BCUT2D eigenvalue weighted by atomic mass is 10.1. The molecular formula is C17H24FN3. The standard InChI is InChI=1S/C17H24FN3/c1-11(2)9-19-10-15-16(18)7-6-8-17(15)21-14(5)12(3)13(4)20-21/h6-8,11,19H,9-10H2,1-5H3. The first-order valence-corrected chi connectivity index (χ1v) is 7.43. The average Bonchev–Trinajstić information content (AvgIpc) is 2.68. The second-order valence-corrected chi connectivity index (χ2v) is 5.97. The molecule has 1 heterocycles. The zero-order valence-electron chi connectivity index (χ0n) is 13.5. The molecule has 0 aliphatic rings. The monoisotopic (exact) mass is 289 g/mol. The number of nitrogens with one attached hydrogen (secondary N) is 1. The first kappa shape index (κ1) is 15.7. The second kappa shape index (κ2) is 6.39. The molecule has 1 aromatic carbocycles. The summed E-state index contributed by atoms with van der Waals surface area (Å²) >= 11 is 0. The lowest BCUT2D eigenvalue weighted by molar-refractivity contribution is 0.532. The van der Waals surface area contributed by atoms with Crippen molar-refractivity contribution in [3.05, 3.63) is 46.5 Å². The minimum Gasteiger partial charge on any atom is -0.312 e. The maximum absolute atomic E-state index is 14.2. The third kappa shape index (κ3) is 3.32. The highest BCUT2D eigenvalue weighted by molar-refractivity contribution is 5.44. The van der Waals surface area contributed by atoms with E-state index in [2.05, 4.69) is 24.3 Å². The minimum atomic E-state index is -0.186. The molecule has 4 heteroatoms. The smallest absolute Gasteiger partial charge is 0.129 e. The summed E-state index contributed by atoms with van der Waals surface area (Å²) in [6.45, 7) is 11.7. The summed E-state index contributed by atoms with van der Waals surface area (Å²) < 4.78 is 16.1. The molecule has 0 aliphatic heterocycles. The molecule has 0 bridgehead atoms. The van der Waals surface area contributed by atoms with Gasteiger partial charge in [-0.2, -0.15) is 5.10 Å². The van der Waals surface area contributed by atoms with Crippen molar-refractivity contribution in [2.45, 2.75) is 41.2 Å². The Balaban J connectivity index is 2.39. The first-order chi connectivity index (χ1) is 9.91. The fraction of sp³-hybridized carbons (Fsp3) is 0.471. The van der Waals surface area contributed by atoms with Crippen LogP contribution in [0.1, 0.15) is 36.4 Å². The average molecular weight is 289 g/mol. The molecule has 114 valence electrons. The van der Waals surface area contributed by atoms with Gasteiger partial charge < -0.3 is 5.32 Å². The number of rotatable bonds is 5. The maximum atomic E-state index is 14.2. The number of nitrogens with zero attached hydrogens (tertiary/aromatic N) is 2. The Hall–Kier alpha value is -1.68. The van der Waals surface area contributed by atoms with Gasteiger partial charge in [-0.15, -0.1) is 0 Å². The molecule has 0 fully saturated rings. The van der Waals surface area contributed by atoms with Crippen molar-refractivity contribution in [2.24, 2.45) is 5.92 Å². The fourth-order valence-electron chi connectivity index (χ4n) is 2.36. The molecule has 0 amide bonds. The van der Waals surface area contributed by atoms with Gasteiger partial charge in [0.1, 0.15) is 5.82 Å². The maximum Gasteiger partial charge on any atom is 0.129 e. The van der Waals surface area contributed by atoms with E-state index in [1.165, 1.54) is 6.07 Å². The first-order valence-electron chi connectivity index (χ1n) is 7.43. The summed E-state index contributed by atoms with van der Waals surface area (Å²) in [7, 11) is 0. The van der Waals surface area contributed by atoms with Gasteiger partial charge >= 0.3 is 0 Å². The second-order valence-electron chi connectivity index (χ2n) is 5.97.